The molecular weight excluding hydrogens is 392 g/mol. The summed E-state index contributed by atoms with van der Waals surface area (Å²) in [7, 11) is 1.73. The van der Waals surface area contributed by atoms with Crippen LogP contribution in [-0.2, 0) is 6.54 Å². The molecule has 0 unspecified atom stereocenters. The number of ether oxygens (including phenoxy) is 1. The number of hydrogen-bond acceptors (Lipinski definition) is 4. The number of hydrogen-bond donors (Lipinski definition) is 3. The van der Waals surface area contributed by atoms with Gasteiger partial charge in [-0.2, -0.15) is 5.10 Å². The second kappa shape index (κ2) is 7.74. The number of aryl methyl sites for hydroxylation is 1. The number of carbonyl (C=O) groups is 1. The number of nitrogens with zero attached hydrogens (tertiary/aromatic N) is 2. The molecule has 0 amide bonds. The maximum Gasteiger partial charge on any atom is 0.336 e. The van der Waals surface area contributed by atoms with Crippen molar-refractivity contribution in [2.75, 3.05) is 13.7 Å². The number of fused-ring (bicyclic) bond motifs is 2. The summed E-state index contributed by atoms with van der Waals surface area (Å²) in [6, 6.07) is 8.06. The summed E-state index contributed by atoms with van der Waals surface area (Å²) in [5.41, 5.74) is 5.70. The molecule has 0 radical (unpaired) electrons. The van der Waals surface area contributed by atoms with Crippen LogP contribution in [0, 0.1) is 6.92 Å². The van der Waals surface area contributed by atoms with Crippen molar-refractivity contribution in [3.05, 3.63) is 58.9 Å². The number of carboxylic acid groups (broad SMARTS) is 1. The van der Waals surface area contributed by atoms with Crippen LogP contribution >= 0.6 is 0 Å². The number of aromatic nitrogens is 3. The van der Waals surface area contributed by atoms with Crippen LogP contribution in [-0.4, -0.2) is 44.8 Å². The molecule has 3 N–H and O–H groups in total. The average Bonchev–Trinajstić information content (AvgIpc) is 3.45. The summed E-state index contributed by atoms with van der Waals surface area (Å²) >= 11 is 0. The van der Waals surface area contributed by atoms with Gasteiger partial charge in [0.05, 0.1) is 24.4 Å². The van der Waals surface area contributed by atoms with E-state index in [1.54, 1.807) is 19.4 Å². The maximum atomic E-state index is 11.6. The van der Waals surface area contributed by atoms with Crippen molar-refractivity contribution in [2.24, 2.45) is 0 Å². The molecule has 4 aromatic rings. The van der Waals surface area contributed by atoms with Crippen LogP contribution in [0.15, 0.2) is 36.7 Å². The van der Waals surface area contributed by atoms with Crippen LogP contribution in [0.4, 0.5) is 0 Å². The molecule has 7 heteroatoms. The second-order valence-corrected chi connectivity index (χ2v) is 8.29. The summed E-state index contributed by atoms with van der Waals surface area (Å²) in [5.74, 6) is -0.0282. The summed E-state index contributed by atoms with van der Waals surface area (Å²) in [6.07, 6.45) is 6.89. The number of nitrogens with one attached hydrogen (secondary N) is 2. The molecule has 1 aliphatic rings. The Bertz CT molecular complexity index is 1270. The molecule has 0 saturated carbocycles. The Kier molecular flexibility index (Phi) is 4.90. The fourth-order valence-electron chi connectivity index (χ4n) is 5.04. The van der Waals surface area contributed by atoms with Crippen molar-refractivity contribution in [3.63, 3.8) is 0 Å². The van der Waals surface area contributed by atoms with E-state index in [9.17, 15) is 9.90 Å². The van der Waals surface area contributed by atoms with Gasteiger partial charge in [-0.05, 0) is 55.6 Å². The highest BCUT2D eigenvalue weighted by molar-refractivity contribution is 6.03. The number of carboxylic acids is 1. The molecule has 0 bridgehead atoms. The highest BCUT2D eigenvalue weighted by Gasteiger charge is 2.28. The smallest absolute Gasteiger partial charge is 0.336 e. The SMILES string of the molecule is COc1cc(C)c2[nH]ccc2c1CN1CCCC[C@H]1c1ccc(C(=O)O)c2cn[nH]c12. The predicted octanol–water partition coefficient (Wildman–Crippen LogP) is 4.79. The first kappa shape index (κ1) is 19.6. The number of H-pyrrole nitrogens is 2. The zero-order valence-corrected chi connectivity index (χ0v) is 17.7. The standard InChI is InChI=1S/C24H26N4O3/c1-14-11-21(31-2)19(15-8-9-25-22(14)15)13-28-10-4-3-5-20(28)17-7-6-16(24(29)30)18-12-26-27-23(17)18/h6-9,11-12,20,25H,3-5,10,13H2,1-2H3,(H,26,27)(H,29,30)/t20-/m0/s1. The Balaban J connectivity index is 1.58. The van der Waals surface area contributed by atoms with Gasteiger partial charge in [-0.1, -0.05) is 12.5 Å². The summed E-state index contributed by atoms with van der Waals surface area (Å²) in [4.78, 5) is 17.5. The molecule has 1 aliphatic heterocycles. The lowest BCUT2D eigenvalue weighted by atomic mass is 9.91. The van der Waals surface area contributed by atoms with Crippen molar-refractivity contribution >= 4 is 27.8 Å². The van der Waals surface area contributed by atoms with Crippen molar-refractivity contribution in [1.82, 2.24) is 20.1 Å². The highest BCUT2D eigenvalue weighted by Crippen LogP contribution is 2.39. The van der Waals surface area contributed by atoms with E-state index in [2.05, 4.69) is 39.1 Å². The fourth-order valence-corrected chi connectivity index (χ4v) is 5.04. The Morgan fingerprint density at radius 1 is 1.26 bits per heavy atom. The van der Waals surface area contributed by atoms with Gasteiger partial charge in [0.2, 0.25) is 0 Å². The molecule has 1 fully saturated rings. The molecule has 0 aliphatic carbocycles. The van der Waals surface area contributed by atoms with E-state index in [-0.39, 0.29) is 11.6 Å². The minimum atomic E-state index is -0.933. The number of piperidine rings is 1. The Morgan fingerprint density at radius 3 is 2.94 bits per heavy atom. The van der Waals surface area contributed by atoms with Crippen LogP contribution in [0.3, 0.4) is 0 Å². The van der Waals surface area contributed by atoms with Crippen LogP contribution in [0.2, 0.25) is 0 Å². The molecule has 2 aromatic heterocycles. The average molecular weight is 418 g/mol. The third kappa shape index (κ3) is 3.25. The number of aromatic amines is 2. The van der Waals surface area contributed by atoms with Gasteiger partial charge >= 0.3 is 5.97 Å². The molecule has 2 aromatic carbocycles. The third-order valence-electron chi connectivity index (χ3n) is 6.54. The quantitative estimate of drug-likeness (QED) is 0.433. The van der Waals surface area contributed by atoms with Gasteiger partial charge in [-0.25, -0.2) is 4.79 Å². The Labute approximate surface area is 180 Å². The van der Waals surface area contributed by atoms with Gasteiger partial charge in [0, 0.05) is 40.6 Å². The minimum Gasteiger partial charge on any atom is -0.496 e. The molecule has 5 rings (SSSR count). The van der Waals surface area contributed by atoms with Crippen LogP contribution in [0.5, 0.6) is 5.75 Å². The van der Waals surface area contributed by atoms with Crippen molar-refractivity contribution in [2.45, 2.75) is 38.8 Å². The summed E-state index contributed by atoms with van der Waals surface area (Å²) < 4.78 is 5.76. The van der Waals surface area contributed by atoms with Gasteiger partial charge in [0.15, 0.2) is 0 Å². The van der Waals surface area contributed by atoms with Crippen molar-refractivity contribution < 1.29 is 14.6 Å². The van der Waals surface area contributed by atoms with Crippen molar-refractivity contribution in [3.8, 4) is 5.75 Å². The van der Waals surface area contributed by atoms with E-state index in [1.807, 2.05) is 12.3 Å². The van der Waals surface area contributed by atoms with Gasteiger partial charge in [0.1, 0.15) is 5.75 Å². The van der Waals surface area contributed by atoms with E-state index in [1.165, 1.54) is 16.5 Å². The number of rotatable bonds is 5. The van der Waals surface area contributed by atoms with E-state index in [4.69, 9.17) is 4.74 Å². The summed E-state index contributed by atoms with van der Waals surface area (Å²) in [6.45, 7) is 3.83. The fraction of sp³-hybridized carbons (Fsp3) is 0.333. The van der Waals surface area contributed by atoms with Crippen LogP contribution in [0.1, 0.15) is 52.4 Å². The minimum absolute atomic E-state index is 0.180. The van der Waals surface area contributed by atoms with Gasteiger partial charge in [-0.3, -0.25) is 10.00 Å². The molecular formula is C24H26N4O3. The normalized spacial score (nSPS) is 17.4. The first-order valence-electron chi connectivity index (χ1n) is 10.7. The maximum absolute atomic E-state index is 11.6. The van der Waals surface area contributed by atoms with Gasteiger partial charge < -0.3 is 14.8 Å². The first-order chi connectivity index (χ1) is 15.1. The van der Waals surface area contributed by atoms with E-state index in [0.717, 1.165) is 54.7 Å². The van der Waals surface area contributed by atoms with Crippen LogP contribution in [0.25, 0.3) is 21.8 Å². The van der Waals surface area contributed by atoms with Crippen molar-refractivity contribution in [1.29, 1.82) is 0 Å². The number of aromatic carboxylic acids is 1. The number of methoxy groups -OCH3 is 1. The third-order valence-corrected chi connectivity index (χ3v) is 6.54. The molecule has 3 heterocycles. The highest BCUT2D eigenvalue weighted by atomic mass is 16.5. The summed E-state index contributed by atoms with van der Waals surface area (Å²) in [5, 5.41) is 18.6. The molecule has 0 spiro atoms. The number of benzene rings is 2. The van der Waals surface area contributed by atoms with Gasteiger partial charge in [-0.15, -0.1) is 0 Å². The number of likely N-dealkylation sites (tertiary alicyclic amines) is 1. The first-order valence-corrected chi connectivity index (χ1v) is 10.7. The van der Waals surface area contributed by atoms with E-state index < -0.39 is 5.97 Å². The topological polar surface area (TPSA) is 94.2 Å². The van der Waals surface area contributed by atoms with Gasteiger partial charge in [0.25, 0.3) is 0 Å². The lowest BCUT2D eigenvalue weighted by Gasteiger charge is -2.36. The van der Waals surface area contributed by atoms with E-state index in [0.29, 0.717) is 5.39 Å². The Morgan fingerprint density at radius 2 is 2.13 bits per heavy atom. The predicted molar refractivity (Wildman–Crippen MR) is 120 cm³/mol. The monoisotopic (exact) mass is 418 g/mol. The van der Waals surface area contributed by atoms with Crippen LogP contribution < -0.4 is 4.74 Å². The molecule has 31 heavy (non-hydrogen) atoms. The zero-order valence-electron chi connectivity index (χ0n) is 17.7. The molecule has 1 atom stereocenters. The molecule has 160 valence electrons. The zero-order chi connectivity index (χ0) is 21.5. The largest absolute Gasteiger partial charge is 0.496 e. The lowest BCUT2D eigenvalue weighted by Crippen LogP contribution is -2.33. The molecule has 7 nitrogen and oxygen atoms in total. The molecule has 1 saturated heterocycles. The lowest BCUT2D eigenvalue weighted by molar-refractivity contribution is 0.0699. The van der Waals surface area contributed by atoms with E-state index >= 15 is 0 Å². The Hall–Kier alpha value is -3.32. The second-order valence-electron chi connectivity index (χ2n) is 8.29.